The second-order valence-electron chi connectivity index (χ2n) is 2.87. The Bertz CT molecular complexity index is 176. The monoisotopic (exact) mass is 180 g/mol. The molecule has 1 rings (SSSR count). The summed E-state index contributed by atoms with van der Waals surface area (Å²) >= 11 is 0. The molecule has 0 radical (unpaired) electrons. The van der Waals surface area contributed by atoms with Gasteiger partial charge in [0.1, 0.15) is 6.54 Å². The molecule has 70 valence electrons. The summed E-state index contributed by atoms with van der Waals surface area (Å²) < 4.78 is 35.5. The van der Waals surface area contributed by atoms with Crippen molar-refractivity contribution in [3.63, 3.8) is 0 Å². The van der Waals surface area contributed by atoms with Crippen LogP contribution in [-0.2, 0) is 0 Å². The molecule has 0 saturated carbocycles. The third kappa shape index (κ3) is 2.71. The first-order chi connectivity index (χ1) is 5.51. The molecule has 1 atom stereocenters. The molecule has 0 aliphatic carbocycles. The van der Waals surface area contributed by atoms with E-state index >= 15 is 0 Å². The molecule has 0 aromatic heterocycles. The highest BCUT2D eigenvalue weighted by molar-refractivity contribution is 5.57. The van der Waals surface area contributed by atoms with Crippen LogP contribution in [0.15, 0.2) is 4.99 Å². The molecule has 5 heteroatoms. The Morgan fingerprint density at radius 1 is 1.58 bits per heavy atom. The summed E-state index contributed by atoms with van der Waals surface area (Å²) in [6, 6.07) is 0.0485. The van der Waals surface area contributed by atoms with E-state index in [1.807, 2.05) is 6.92 Å². The second-order valence-corrected chi connectivity index (χ2v) is 2.87. The van der Waals surface area contributed by atoms with Crippen molar-refractivity contribution in [1.82, 2.24) is 4.90 Å². The standard InChI is InChI=1S/C7H11F3N2/c1-2-6-3-12(5-11-6)4-7(8,9)10/h5-6H,2-4H2,1H3. The van der Waals surface area contributed by atoms with Gasteiger partial charge in [0.2, 0.25) is 0 Å². The third-order valence-corrected chi connectivity index (χ3v) is 1.74. The minimum Gasteiger partial charge on any atom is -0.352 e. The quantitative estimate of drug-likeness (QED) is 0.631. The normalized spacial score (nSPS) is 23.7. The zero-order valence-corrected chi connectivity index (χ0v) is 6.80. The lowest BCUT2D eigenvalue weighted by Gasteiger charge is -2.17. The zero-order valence-electron chi connectivity index (χ0n) is 6.80. The highest BCUT2D eigenvalue weighted by Gasteiger charge is 2.31. The maximum Gasteiger partial charge on any atom is 0.405 e. The lowest BCUT2D eigenvalue weighted by atomic mass is 10.2. The summed E-state index contributed by atoms with van der Waals surface area (Å²) in [5.74, 6) is 0. The van der Waals surface area contributed by atoms with Crippen LogP contribution in [0.1, 0.15) is 13.3 Å². The average Bonchev–Trinajstić information content (AvgIpc) is 2.32. The molecular weight excluding hydrogens is 169 g/mol. The Morgan fingerprint density at radius 3 is 2.67 bits per heavy atom. The van der Waals surface area contributed by atoms with Gasteiger partial charge in [-0.15, -0.1) is 0 Å². The number of aliphatic imine (C=N–C) groups is 1. The van der Waals surface area contributed by atoms with Crippen molar-refractivity contribution in [3.8, 4) is 0 Å². The molecule has 0 saturated heterocycles. The van der Waals surface area contributed by atoms with Gasteiger partial charge in [-0.05, 0) is 6.42 Å². The maximum atomic E-state index is 11.8. The summed E-state index contributed by atoms with van der Waals surface area (Å²) in [5, 5.41) is 0. The lowest BCUT2D eigenvalue weighted by molar-refractivity contribution is -0.136. The smallest absolute Gasteiger partial charge is 0.352 e. The molecule has 1 aliphatic rings. The van der Waals surface area contributed by atoms with Crippen molar-refractivity contribution in [2.24, 2.45) is 4.99 Å². The van der Waals surface area contributed by atoms with E-state index in [-0.39, 0.29) is 6.04 Å². The number of nitrogens with zero attached hydrogens (tertiary/aromatic N) is 2. The average molecular weight is 180 g/mol. The van der Waals surface area contributed by atoms with Crippen LogP contribution in [-0.4, -0.2) is 36.5 Å². The molecule has 0 N–H and O–H groups in total. The Kier molecular flexibility index (Phi) is 2.59. The first-order valence-corrected chi connectivity index (χ1v) is 3.85. The number of hydrogen-bond acceptors (Lipinski definition) is 2. The van der Waals surface area contributed by atoms with E-state index in [0.717, 1.165) is 6.42 Å². The van der Waals surface area contributed by atoms with Crippen molar-refractivity contribution in [1.29, 1.82) is 0 Å². The first kappa shape index (κ1) is 9.35. The van der Waals surface area contributed by atoms with Gasteiger partial charge in [0.15, 0.2) is 0 Å². The van der Waals surface area contributed by atoms with E-state index in [1.165, 1.54) is 11.2 Å². The molecule has 0 aromatic rings. The highest BCUT2D eigenvalue weighted by Crippen LogP contribution is 2.18. The minimum atomic E-state index is -4.12. The number of halogens is 3. The molecule has 0 fully saturated rings. The minimum absolute atomic E-state index is 0.0485. The van der Waals surface area contributed by atoms with E-state index in [0.29, 0.717) is 6.54 Å². The van der Waals surface area contributed by atoms with E-state index in [1.54, 1.807) is 0 Å². The fraction of sp³-hybridized carbons (Fsp3) is 0.857. The zero-order chi connectivity index (χ0) is 9.19. The SMILES string of the molecule is CCC1CN(CC(F)(F)F)C=N1. The predicted octanol–water partition coefficient (Wildman–Crippen LogP) is 1.67. The van der Waals surface area contributed by atoms with Gasteiger partial charge in [0.25, 0.3) is 0 Å². The van der Waals surface area contributed by atoms with Crippen LogP contribution in [0, 0.1) is 0 Å². The summed E-state index contributed by atoms with van der Waals surface area (Å²) in [5.41, 5.74) is 0. The van der Waals surface area contributed by atoms with Crippen molar-refractivity contribution >= 4 is 6.34 Å². The lowest BCUT2D eigenvalue weighted by Crippen LogP contribution is -2.33. The van der Waals surface area contributed by atoms with Gasteiger partial charge in [-0.3, -0.25) is 4.99 Å². The first-order valence-electron chi connectivity index (χ1n) is 3.85. The Labute approximate surface area is 69.1 Å². The van der Waals surface area contributed by atoms with Crippen LogP contribution in [0.2, 0.25) is 0 Å². The van der Waals surface area contributed by atoms with E-state index in [2.05, 4.69) is 4.99 Å². The second kappa shape index (κ2) is 3.33. The Balaban J connectivity index is 2.34. The molecular formula is C7H11F3N2. The molecule has 1 heterocycles. The number of rotatable bonds is 2. The number of alkyl halides is 3. The summed E-state index contributed by atoms with van der Waals surface area (Å²) in [6.07, 6.45) is -2.03. The predicted molar refractivity (Wildman–Crippen MR) is 40.2 cm³/mol. The topological polar surface area (TPSA) is 15.6 Å². The van der Waals surface area contributed by atoms with Crippen LogP contribution < -0.4 is 0 Å². The van der Waals surface area contributed by atoms with Crippen LogP contribution in [0.5, 0.6) is 0 Å². The number of hydrogen-bond donors (Lipinski definition) is 0. The van der Waals surface area contributed by atoms with Crippen LogP contribution in [0.4, 0.5) is 13.2 Å². The van der Waals surface area contributed by atoms with Gasteiger partial charge in [-0.1, -0.05) is 6.92 Å². The molecule has 0 bridgehead atoms. The van der Waals surface area contributed by atoms with Crippen LogP contribution >= 0.6 is 0 Å². The molecule has 2 nitrogen and oxygen atoms in total. The summed E-state index contributed by atoms with van der Waals surface area (Å²) in [4.78, 5) is 5.12. The van der Waals surface area contributed by atoms with E-state index < -0.39 is 12.7 Å². The van der Waals surface area contributed by atoms with Gasteiger partial charge >= 0.3 is 6.18 Å². The molecule has 0 amide bonds. The largest absolute Gasteiger partial charge is 0.405 e. The van der Waals surface area contributed by atoms with Gasteiger partial charge in [0, 0.05) is 6.54 Å². The van der Waals surface area contributed by atoms with Gasteiger partial charge < -0.3 is 4.90 Å². The highest BCUT2D eigenvalue weighted by atomic mass is 19.4. The van der Waals surface area contributed by atoms with Crippen LogP contribution in [0.25, 0.3) is 0 Å². The molecule has 0 spiro atoms. The van der Waals surface area contributed by atoms with Crippen LogP contribution in [0.3, 0.4) is 0 Å². The Morgan fingerprint density at radius 2 is 2.25 bits per heavy atom. The fourth-order valence-electron chi connectivity index (χ4n) is 1.12. The van der Waals surface area contributed by atoms with Gasteiger partial charge in [-0.2, -0.15) is 13.2 Å². The molecule has 1 aliphatic heterocycles. The van der Waals surface area contributed by atoms with Gasteiger partial charge in [0.05, 0.1) is 12.4 Å². The van der Waals surface area contributed by atoms with E-state index in [9.17, 15) is 13.2 Å². The van der Waals surface area contributed by atoms with Crippen molar-refractivity contribution in [2.45, 2.75) is 25.6 Å². The maximum absolute atomic E-state index is 11.8. The molecule has 12 heavy (non-hydrogen) atoms. The van der Waals surface area contributed by atoms with Gasteiger partial charge in [-0.25, -0.2) is 0 Å². The van der Waals surface area contributed by atoms with Crippen molar-refractivity contribution < 1.29 is 13.2 Å². The molecule has 0 aromatic carbocycles. The Hall–Kier alpha value is -0.740. The molecule has 1 unspecified atom stereocenters. The van der Waals surface area contributed by atoms with E-state index in [4.69, 9.17) is 0 Å². The summed E-state index contributed by atoms with van der Waals surface area (Å²) in [6.45, 7) is 1.43. The third-order valence-electron chi connectivity index (χ3n) is 1.74. The van der Waals surface area contributed by atoms with Crippen molar-refractivity contribution in [3.05, 3.63) is 0 Å². The van der Waals surface area contributed by atoms with Crippen molar-refractivity contribution in [2.75, 3.05) is 13.1 Å². The summed E-state index contributed by atoms with van der Waals surface area (Å²) in [7, 11) is 0. The fourth-order valence-corrected chi connectivity index (χ4v) is 1.12.